The predicted molar refractivity (Wildman–Crippen MR) is 93.3 cm³/mol. The standard InChI is InChI=1S/C18H24N3O3.ClH/c1-18(2,3)24-17(22)13-7-9-14(10-8-13)23-16-11-15(19-12-20-16)21(4,5)6;/h7-12H,1-6H3;1H/q+1;/p-1. The molecule has 0 N–H and O–H groups in total. The van der Waals surface area contributed by atoms with E-state index in [0.29, 0.717) is 21.7 Å². The predicted octanol–water partition coefficient (Wildman–Crippen LogP) is 0.425. The molecule has 1 heterocycles. The molecule has 0 atom stereocenters. The third-order valence-corrected chi connectivity index (χ3v) is 3.03. The Bertz CT molecular complexity index is 720. The second kappa shape index (κ2) is 7.80. The van der Waals surface area contributed by atoms with Crippen LogP contribution in [-0.4, -0.2) is 42.7 Å². The van der Waals surface area contributed by atoms with Gasteiger partial charge in [-0.25, -0.2) is 9.78 Å². The average Bonchev–Trinajstić information content (AvgIpc) is 2.45. The van der Waals surface area contributed by atoms with Crippen LogP contribution in [-0.2, 0) is 4.74 Å². The Morgan fingerprint density at radius 1 is 1.04 bits per heavy atom. The van der Waals surface area contributed by atoms with E-state index in [1.54, 1.807) is 30.3 Å². The van der Waals surface area contributed by atoms with Crippen molar-refractivity contribution in [2.45, 2.75) is 26.4 Å². The van der Waals surface area contributed by atoms with E-state index in [0.717, 1.165) is 5.82 Å². The van der Waals surface area contributed by atoms with Crippen LogP contribution >= 0.6 is 0 Å². The van der Waals surface area contributed by atoms with Gasteiger partial charge in [0, 0.05) is 0 Å². The number of quaternary nitrogens is 1. The first-order chi connectivity index (χ1) is 11.0. The molecule has 136 valence electrons. The number of nitrogens with zero attached hydrogens (tertiary/aromatic N) is 3. The first-order valence-electron chi connectivity index (χ1n) is 7.70. The molecule has 1 aromatic heterocycles. The molecule has 0 aliphatic rings. The molecule has 0 amide bonds. The minimum Gasteiger partial charge on any atom is -1.00 e. The van der Waals surface area contributed by atoms with Crippen LogP contribution in [0.1, 0.15) is 31.1 Å². The van der Waals surface area contributed by atoms with Gasteiger partial charge in [-0.1, -0.05) is 0 Å². The Kier molecular flexibility index (Phi) is 6.51. The molecule has 0 bridgehead atoms. The minimum atomic E-state index is -0.519. The zero-order valence-electron chi connectivity index (χ0n) is 15.4. The Morgan fingerprint density at radius 3 is 2.16 bits per heavy atom. The summed E-state index contributed by atoms with van der Waals surface area (Å²) in [5.41, 5.74) is -0.0403. The van der Waals surface area contributed by atoms with E-state index >= 15 is 0 Å². The van der Waals surface area contributed by atoms with E-state index in [1.807, 2.05) is 41.9 Å². The van der Waals surface area contributed by atoms with Crippen LogP contribution < -0.4 is 21.6 Å². The molecule has 0 unspecified atom stereocenters. The van der Waals surface area contributed by atoms with Gasteiger partial charge in [-0.2, -0.15) is 4.98 Å². The fourth-order valence-electron chi connectivity index (χ4n) is 1.87. The Morgan fingerprint density at radius 2 is 1.64 bits per heavy atom. The molecule has 0 fully saturated rings. The number of aromatic nitrogens is 2. The molecule has 0 aliphatic carbocycles. The normalized spacial score (nSPS) is 11.4. The number of esters is 1. The summed E-state index contributed by atoms with van der Waals surface area (Å²) < 4.78 is 11.6. The SMILES string of the molecule is CC(C)(C)OC(=O)c1ccc(Oc2cc([N+](C)(C)C)ncn2)cc1.[Cl-]. The van der Waals surface area contributed by atoms with Crippen LogP contribution in [0.4, 0.5) is 5.82 Å². The molecule has 0 spiro atoms. The lowest BCUT2D eigenvalue weighted by Crippen LogP contribution is -3.00. The fraction of sp³-hybridized carbons (Fsp3) is 0.389. The van der Waals surface area contributed by atoms with Crippen LogP contribution in [0.15, 0.2) is 36.7 Å². The zero-order chi connectivity index (χ0) is 18.0. The van der Waals surface area contributed by atoms with E-state index < -0.39 is 5.60 Å². The summed E-state index contributed by atoms with van der Waals surface area (Å²) in [4.78, 5) is 20.4. The quantitative estimate of drug-likeness (QED) is 0.580. The van der Waals surface area contributed by atoms with Crippen molar-refractivity contribution in [2.24, 2.45) is 0 Å². The van der Waals surface area contributed by atoms with E-state index in [9.17, 15) is 4.79 Å². The van der Waals surface area contributed by atoms with Crippen LogP contribution in [0.25, 0.3) is 0 Å². The summed E-state index contributed by atoms with van der Waals surface area (Å²) in [6.45, 7) is 5.51. The van der Waals surface area contributed by atoms with Crippen molar-refractivity contribution in [2.75, 3.05) is 21.1 Å². The summed E-state index contributed by atoms with van der Waals surface area (Å²) >= 11 is 0. The number of hydrogen-bond acceptors (Lipinski definition) is 5. The lowest BCUT2D eigenvalue weighted by molar-refractivity contribution is -0.000181. The van der Waals surface area contributed by atoms with Crippen molar-refractivity contribution in [1.29, 1.82) is 0 Å². The number of halogens is 1. The van der Waals surface area contributed by atoms with Gasteiger partial charge in [0.2, 0.25) is 11.7 Å². The summed E-state index contributed by atoms with van der Waals surface area (Å²) in [6.07, 6.45) is 1.48. The molecule has 1 aromatic carbocycles. The lowest BCUT2D eigenvalue weighted by atomic mass is 10.1. The molecule has 25 heavy (non-hydrogen) atoms. The first-order valence-corrected chi connectivity index (χ1v) is 7.70. The van der Waals surface area contributed by atoms with E-state index in [4.69, 9.17) is 9.47 Å². The number of rotatable bonds is 4. The van der Waals surface area contributed by atoms with Gasteiger partial charge in [-0.3, -0.25) is 4.48 Å². The van der Waals surface area contributed by atoms with Crippen LogP contribution in [0.5, 0.6) is 11.6 Å². The molecular weight excluding hydrogens is 342 g/mol. The maximum absolute atomic E-state index is 12.0. The largest absolute Gasteiger partial charge is 1.00 e. The van der Waals surface area contributed by atoms with Gasteiger partial charge in [0.25, 0.3) is 0 Å². The molecule has 0 aliphatic heterocycles. The summed E-state index contributed by atoms with van der Waals surface area (Å²) in [5, 5.41) is 0. The Balaban J connectivity index is 0.00000312. The van der Waals surface area contributed by atoms with E-state index in [1.165, 1.54) is 6.33 Å². The van der Waals surface area contributed by atoms with Gasteiger partial charge in [0.15, 0.2) is 0 Å². The van der Waals surface area contributed by atoms with Crippen molar-refractivity contribution in [3.8, 4) is 11.6 Å². The number of carbonyl (C=O) groups excluding carboxylic acids is 1. The van der Waals surface area contributed by atoms with Crippen LogP contribution in [0, 0.1) is 0 Å². The maximum atomic E-state index is 12.0. The van der Waals surface area contributed by atoms with Crippen molar-refractivity contribution < 1.29 is 26.7 Å². The highest BCUT2D eigenvalue weighted by Gasteiger charge is 2.18. The fourth-order valence-corrected chi connectivity index (χ4v) is 1.87. The van der Waals surface area contributed by atoms with E-state index in [-0.39, 0.29) is 18.4 Å². The molecule has 6 nitrogen and oxygen atoms in total. The molecule has 7 heteroatoms. The first kappa shape index (κ1) is 20.9. The second-order valence-electron chi connectivity index (χ2n) is 7.36. The zero-order valence-corrected chi connectivity index (χ0v) is 16.2. The molecule has 0 radical (unpaired) electrons. The van der Waals surface area contributed by atoms with Crippen LogP contribution in [0.3, 0.4) is 0 Å². The number of hydrogen-bond donors (Lipinski definition) is 0. The van der Waals surface area contributed by atoms with Gasteiger partial charge >= 0.3 is 5.97 Å². The number of ether oxygens (including phenoxy) is 2. The van der Waals surface area contributed by atoms with Gasteiger partial charge < -0.3 is 21.9 Å². The van der Waals surface area contributed by atoms with Crippen molar-refractivity contribution in [3.05, 3.63) is 42.2 Å². The number of carbonyl (C=O) groups is 1. The third kappa shape index (κ3) is 6.32. The van der Waals surface area contributed by atoms with Crippen molar-refractivity contribution in [1.82, 2.24) is 14.5 Å². The second-order valence-corrected chi connectivity index (χ2v) is 7.36. The van der Waals surface area contributed by atoms with E-state index in [2.05, 4.69) is 9.97 Å². The average molecular weight is 366 g/mol. The smallest absolute Gasteiger partial charge is 0.338 e. The molecule has 2 aromatic rings. The topological polar surface area (TPSA) is 61.3 Å². The summed E-state index contributed by atoms with van der Waals surface area (Å²) in [5.74, 6) is 1.53. The Labute approximate surface area is 154 Å². The van der Waals surface area contributed by atoms with Crippen molar-refractivity contribution >= 4 is 11.8 Å². The monoisotopic (exact) mass is 365 g/mol. The van der Waals surface area contributed by atoms with Gasteiger partial charge in [0.05, 0.1) is 32.8 Å². The Hall–Kier alpha value is -2.18. The molecular formula is C18H24ClN3O3. The lowest BCUT2D eigenvalue weighted by Gasteiger charge is -2.21. The van der Waals surface area contributed by atoms with Gasteiger partial charge in [0.1, 0.15) is 17.7 Å². The third-order valence-electron chi connectivity index (χ3n) is 3.03. The minimum absolute atomic E-state index is 0. The molecule has 2 rings (SSSR count). The van der Waals surface area contributed by atoms with Gasteiger partial charge in [-0.15, -0.1) is 0 Å². The molecule has 0 saturated carbocycles. The van der Waals surface area contributed by atoms with Crippen molar-refractivity contribution in [3.63, 3.8) is 0 Å². The van der Waals surface area contributed by atoms with Crippen LogP contribution in [0.2, 0.25) is 0 Å². The highest BCUT2D eigenvalue weighted by Crippen LogP contribution is 2.24. The van der Waals surface area contributed by atoms with Gasteiger partial charge in [-0.05, 0) is 45.0 Å². The summed E-state index contributed by atoms with van der Waals surface area (Å²) in [6, 6.07) is 8.57. The highest BCUT2D eigenvalue weighted by atomic mass is 35.5. The molecule has 0 saturated heterocycles. The summed E-state index contributed by atoms with van der Waals surface area (Å²) in [7, 11) is 6.05. The number of benzene rings is 1. The highest BCUT2D eigenvalue weighted by molar-refractivity contribution is 5.89. The maximum Gasteiger partial charge on any atom is 0.338 e.